The maximum absolute atomic E-state index is 10.3. The van der Waals surface area contributed by atoms with E-state index in [4.69, 9.17) is 0 Å². The molecule has 0 aliphatic carbocycles. The van der Waals surface area contributed by atoms with Crippen LogP contribution in [-0.2, 0) is 14.9 Å². The van der Waals surface area contributed by atoms with E-state index in [1.54, 1.807) is 0 Å². The van der Waals surface area contributed by atoms with Crippen LogP contribution in [0.3, 0.4) is 0 Å². The highest BCUT2D eigenvalue weighted by Gasteiger charge is 2.25. The maximum atomic E-state index is 10.3. The average molecular weight is 321 g/mol. The Bertz CT molecular complexity index is 386. The zero-order valence-electron chi connectivity index (χ0n) is 13.8. The molecule has 1 fully saturated rings. The summed E-state index contributed by atoms with van der Waals surface area (Å²) in [6.45, 7) is 7.99. The molecule has 21 heavy (non-hydrogen) atoms. The molecular formula is C15H31NO4S. The lowest BCUT2D eigenvalue weighted by Gasteiger charge is -2.28. The van der Waals surface area contributed by atoms with Crippen molar-refractivity contribution in [1.29, 1.82) is 0 Å². The zero-order chi connectivity index (χ0) is 16.4. The van der Waals surface area contributed by atoms with Crippen LogP contribution in [0.1, 0.15) is 58.8 Å². The summed E-state index contributed by atoms with van der Waals surface area (Å²) in [5.41, 5.74) is 0. The van der Waals surface area contributed by atoms with Crippen LogP contribution in [0.4, 0.5) is 0 Å². The molecule has 0 bridgehead atoms. The number of carbonyl (C=O) groups excluding carboxylic acids is 1. The molecule has 0 spiro atoms. The van der Waals surface area contributed by atoms with Crippen LogP contribution >= 0.6 is 0 Å². The number of quaternary nitrogens is 1. The zero-order valence-corrected chi connectivity index (χ0v) is 14.6. The number of hydrogen-bond acceptors (Lipinski definition) is 4. The van der Waals surface area contributed by atoms with Gasteiger partial charge in [-0.25, -0.2) is 8.42 Å². The Morgan fingerprint density at radius 3 is 2.14 bits per heavy atom. The molecular weight excluding hydrogens is 290 g/mol. The fourth-order valence-electron chi connectivity index (χ4n) is 2.52. The van der Waals surface area contributed by atoms with Gasteiger partial charge in [0.2, 0.25) is 0 Å². The molecule has 0 aromatic carbocycles. The first-order valence-corrected chi connectivity index (χ1v) is 9.53. The quantitative estimate of drug-likeness (QED) is 0.390. The molecule has 0 saturated carbocycles. The van der Waals surface area contributed by atoms with Gasteiger partial charge < -0.3 is 13.8 Å². The van der Waals surface area contributed by atoms with Gasteiger partial charge >= 0.3 is 0 Å². The molecule has 6 heteroatoms. The molecule has 126 valence electrons. The lowest BCUT2D eigenvalue weighted by molar-refractivity contribution is -0.897. The monoisotopic (exact) mass is 321 g/mol. The van der Waals surface area contributed by atoms with Crippen LogP contribution in [0.5, 0.6) is 0 Å². The molecule has 1 aliphatic rings. The van der Waals surface area contributed by atoms with Crippen molar-refractivity contribution in [1.82, 2.24) is 0 Å². The van der Waals surface area contributed by atoms with Gasteiger partial charge in [0.05, 0.1) is 36.8 Å². The third-order valence-electron chi connectivity index (χ3n) is 3.87. The van der Waals surface area contributed by atoms with E-state index in [1.165, 1.54) is 56.7 Å². The molecule has 0 aromatic heterocycles. The second-order valence-electron chi connectivity index (χ2n) is 6.27. The number of ketones is 1. The molecule has 0 atom stereocenters. The molecule has 5 nitrogen and oxygen atoms in total. The Kier molecular flexibility index (Phi) is 10.1. The van der Waals surface area contributed by atoms with Gasteiger partial charge in [-0.1, -0.05) is 13.3 Å². The highest BCUT2D eigenvalue weighted by molar-refractivity contribution is 7.85. The summed E-state index contributed by atoms with van der Waals surface area (Å²) in [6.07, 6.45) is 6.81. The Labute approximate surface area is 130 Å². The first kappa shape index (κ1) is 20.5. The minimum atomic E-state index is -4.08. The number of unbranched alkanes of at least 4 members (excludes halogenated alkanes) is 2. The molecule has 0 unspecified atom stereocenters. The minimum absolute atomic E-state index is 0.0216. The number of likely N-dealkylation sites (tertiary alicyclic amines) is 1. The van der Waals surface area contributed by atoms with E-state index in [2.05, 4.69) is 14.0 Å². The van der Waals surface area contributed by atoms with Gasteiger partial charge in [-0.3, -0.25) is 0 Å². The molecule has 0 radical (unpaired) electrons. The van der Waals surface area contributed by atoms with E-state index in [9.17, 15) is 17.8 Å². The van der Waals surface area contributed by atoms with Crippen molar-refractivity contribution in [3.8, 4) is 0 Å². The van der Waals surface area contributed by atoms with Crippen molar-refractivity contribution in [2.75, 3.05) is 32.4 Å². The van der Waals surface area contributed by atoms with Crippen molar-refractivity contribution in [2.45, 2.75) is 58.8 Å². The number of rotatable bonds is 8. The van der Waals surface area contributed by atoms with E-state index in [0.717, 1.165) is 0 Å². The molecule has 1 rings (SSSR count). The fraction of sp³-hybridized carbons (Fsp3) is 0.933. The van der Waals surface area contributed by atoms with Crippen LogP contribution < -0.4 is 0 Å². The predicted molar refractivity (Wildman–Crippen MR) is 84.0 cm³/mol. The molecule has 0 N–H and O–H groups in total. The average Bonchev–Trinajstić information content (AvgIpc) is 2.79. The SMILES string of the molecule is CC(=O)CCCCS(=O)(=O)[O-].CCCC[N+]1(C)CCCC1. The lowest BCUT2D eigenvalue weighted by atomic mass is 10.2. The van der Waals surface area contributed by atoms with Gasteiger partial charge in [0.15, 0.2) is 0 Å². The largest absolute Gasteiger partial charge is 0.748 e. The highest BCUT2D eigenvalue weighted by Crippen LogP contribution is 2.16. The van der Waals surface area contributed by atoms with Gasteiger partial charge in [0, 0.05) is 25.0 Å². The number of carbonyl (C=O) groups is 1. The van der Waals surface area contributed by atoms with E-state index in [-0.39, 0.29) is 18.0 Å². The number of nitrogens with zero attached hydrogens (tertiary/aromatic N) is 1. The van der Waals surface area contributed by atoms with Gasteiger partial charge in [-0.15, -0.1) is 0 Å². The van der Waals surface area contributed by atoms with Gasteiger partial charge in [0.25, 0.3) is 0 Å². The van der Waals surface area contributed by atoms with Crippen molar-refractivity contribution in [3.05, 3.63) is 0 Å². The molecule has 0 amide bonds. The normalized spacial score (nSPS) is 17.1. The summed E-state index contributed by atoms with van der Waals surface area (Å²) in [6, 6.07) is 0. The first-order chi connectivity index (χ1) is 9.68. The summed E-state index contributed by atoms with van der Waals surface area (Å²) >= 11 is 0. The van der Waals surface area contributed by atoms with Gasteiger partial charge in [-0.05, 0) is 26.2 Å². The summed E-state index contributed by atoms with van der Waals surface area (Å²) in [7, 11) is -1.68. The van der Waals surface area contributed by atoms with Crippen LogP contribution in [-0.4, -0.2) is 55.7 Å². The fourth-order valence-corrected chi connectivity index (χ4v) is 3.07. The van der Waals surface area contributed by atoms with Crippen LogP contribution in [0.2, 0.25) is 0 Å². The van der Waals surface area contributed by atoms with Crippen molar-refractivity contribution < 1.29 is 22.2 Å². The van der Waals surface area contributed by atoms with E-state index >= 15 is 0 Å². The summed E-state index contributed by atoms with van der Waals surface area (Å²) in [5, 5.41) is 0. The van der Waals surface area contributed by atoms with Crippen LogP contribution in [0.15, 0.2) is 0 Å². The van der Waals surface area contributed by atoms with Gasteiger partial charge in [-0.2, -0.15) is 0 Å². The third-order valence-corrected chi connectivity index (χ3v) is 4.66. The smallest absolute Gasteiger partial charge is 0.129 e. The molecule has 1 aliphatic heterocycles. The first-order valence-electron chi connectivity index (χ1n) is 7.95. The minimum Gasteiger partial charge on any atom is -0.748 e. The van der Waals surface area contributed by atoms with E-state index < -0.39 is 10.1 Å². The summed E-state index contributed by atoms with van der Waals surface area (Å²) in [4.78, 5) is 10.3. The Morgan fingerprint density at radius 1 is 1.14 bits per heavy atom. The second kappa shape index (κ2) is 10.3. The van der Waals surface area contributed by atoms with E-state index in [0.29, 0.717) is 12.8 Å². The third kappa shape index (κ3) is 13.0. The van der Waals surface area contributed by atoms with Crippen LogP contribution in [0.25, 0.3) is 0 Å². The van der Waals surface area contributed by atoms with Crippen LogP contribution in [0, 0.1) is 0 Å². The molecule has 1 heterocycles. The molecule has 1 saturated heterocycles. The Balaban J connectivity index is 0.000000382. The van der Waals surface area contributed by atoms with Crippen molar-refractivity contribution in [2.24, 2.45) is 0 Å². The Morgan fingerprint density at radius 2 is 1.71 bits per heavy atom. The summed E-state index contributed by atoms with van der Waals surface area (Å²) < 4.78 is 31.5. The predicted octanol–water partition coefficient (Wildman–Crippen LogP) is 2.32. The topological polar surface area (TPSA) is 74.3 Å². The van der Waals surface area contributed by atoms with Gasteiger partial charge in [0.1, 0.15) is 5.78 Å². The number of hydrogen-bond donors (Lipinski definition) is 0. The number of Topliss-reactive ketones (excluding diaryl/α,β-unsaturated/α-hetero) is 1. The van der Waals surface area contributed by atoms with Crippen molar-refractivity contribution >= 4 is 15.9 Å². The second-order valence-corrected chi connectivity index (χ2v) is 7.80. The summed E-state index contributed by atoms with van der Waals surface area (Å²) in [5.74, 6) is -0.339. The standard InChI is InChI=1S/C9H20N.C6H12O4S/c1-3-4-7-10(2)8-5-6-9-10;1-6(7)4-2-3-5-11(8,9)10/h3-9H2,1-2H3;2-5H2,1H3,(H,8,9,10)/q+1;/p-1. The lowest BCUT2D eigenvalue weighted by Crippen LogP contribution is -2.41. The van der Waals surface area contributed by atoms with E-state index in [1.807, 2.05) is 0 Å². The highest BCUT2D eigenvalue weighted by atomic mass is 32.2. The molecule has 0 aromatic rings. The maximum Gasteiger partial charge on any atom is 0.129 e. The van der Waals surface area contributed by atoms with Crippen molar-refractivity contribution in [3.63, 3.8) is 0 Å². The Hall–Kier alpha value is -0.460.